The molecule has 0 saturated carbocycles. The van der Waals surface area contributed by atoms with Crippen LogP contribution in [0, 0.1) is 0 Å². The molecular weight excluding hydrogens is 486 g/mol. The summed E-state index contributed by atoms with van der Waals surface area (Å²) in [5.74, 6) is 0.509. The van der Waals surface area contributed by atoms with Crippen LogP contribution in [0.15, 0.2) is 69.0 Å². The third-order valence-corrected chi connectivity index (χ3v) is 5.75. The van der Waals surface area contributed by atoms with Crippen LogP contribution >= 0.6 is 15.9 Å². The maximum Gasteiger partial charge on any atom is 0.346 e. The van der Waals surface area contributed by atoms with Gasteiger partial charge < -0.3 is 9.47 Å². The number of nitrogens with zero attached hydrogens (tertiary/aromatic N) is 3. The molecule has 0 aliphatic rings. The van der Waals surface area contributed by atoms with Crippen LogP contribution in [0.5, 0.6) is 5.75 Å². The van der Waals surface area contributed by atoms with Gasteiger partial charge in [-0.05, 0) is 42.0 Å². The summed E-state index contributed by atoms with van der Waals surface area (Å²) in [5.41, 5.74) is 1.000. The first-order valence-electron chi connectivity index (χ1n) is 10.4. The van der Waals surface area contributed by atoms with Crippen molar-refractivity contribution in [2.24, 2.45) is 5.10 Å². The number of aromatic nitrogens is 2. The van der Waals surface area contributed by atoms with E-state index in [1.54, 1.807) is 31.3 Å². The monoisotopic (exact) mass is 507 g/mol. The highest BCUT2D eigenvalue weighted by atomic mass is 79.9. The minimum Gasteiger partial charge on any atom is -0.478 e. The number of methoxy groups -OCH3 is 1. The fraction of sp³-hybridized carbons (Fsp3) is 0.200. The van der Waals surface area contributed by atoms with Crippen LogP contribution in [0.3, 0.4) is 0 Å². The van der Waals surface area contributed by atoms with Gasteiger partial charge in [-0.2, -0.15) is 9.78 Å². The molecule has 1 heterocycles. The molecule has 0 unspecified atom stereocenters. The molecular formula is C25H22BrN3O4. The molecule has 168 valence electrons. The van der Waals surface area contributed by atoms with E-state index in [9.17, 15) is 9.59 Å². The van der Waals surface area contributed by atoms with E-state index in [4.69, 9.17) is 9.47 Å². The molecule has 0 spiro atoms. The van der Waals surface area contributed by atoms with Crippen molar-refractivity contribution < 1.29 is 14.3 Å². The van der Waals surface area contributed by atoms with E-state index in [0.29, 0.717) is 34.5 Å². The van der Waals surface area contributed by atoms with Gasteiger partial charge in [0.1, 0.15) is 11.6 Å². The Kier molecular flexibility index (Phi) is 6.55. The Labute approximate surface area is 198 Å². The molecule has 4 aromatic rings. The summed E-state index contributed by atoms with van der Waals surface area (Å²) in [6, 6.07) is 16.8. The number of carbonyl (C=O) groups excluding carboxylic acids is 1. The van der Waals surface area contributed by atoms with Crippen LogP contribution in [-0.4, -0.2) is 35.1 Å². The lowest BCUT2D eigenvalue weighted by Gasteiger charge is -2.16. The average Bonchev–Trinajstić information content (AvgIpc) is 2.83. The van der Waals surface area contributed by atoms with Gasteiger partial charge >= 0.3 is 5.97 Å². The molecule has 0 N–H and O–H groups in total. The second kappa shape index (κ2) is 9.54. The van der Waals surface area contributed by atoms with Crippen LogP contribution in [0.4, 0.5) is 0 Å². The van der Waals surface area contributed by atoms with Gasteiger partial charge in [-0.25, -0.2) is 9.78 Å². The average molecular weight is 508 g/mol. The largest absolute Gasteiger partial charge is 0.478 e. The molecule has 7 nitrogen and oxygen atoms in total. The molecule has 0 amide bonds. The minimum absolute atomic E-state index is 0.264. The quantitative estimate of drug-likeness (QED) is 0.279. The number of ether oxygens (including phenoxy) is 2. The second-order valence-corrected chi connectivity index (χ2v) is 8.30. The predicted molar refractivity (Wildman–Crippen MR) is 132 cm³/mol. The SMILES string of the molecule is CCc1nc2ccc(Br)cc2c(=O)n1N=Cc1c(O[C@@H](C)C(=O)OC)ccc2ccccc12. The zero-order valence-electron chi connectivity index (χ0n) is 18.4. The molecule has 0 aliphatic carbocycles. The van der Waals surface area contributed by atoms with E-state index in [1.807, 2.05) is 43.3 Å². The summed E-state index contributed by atoms with van der Waals surface area (Å²) >= 11 is 3.41. The van der Waals surface area contributed by atoms with E-state index < -0.39 is 12.1 Å². The number of benzene rings is 3. The normalized spacial score (nSPS) is 12.4. The molecule has 1 aromatic heterocycles. The number of hydrogen-bond donors (Lipinski definition) is 0. The van der Waals surface area contributed by atoms with Crippen LogP contribution in [-0.2, 0) is 16.0 Å². The van der Waals surface area contributed by atoms with Crippen molar-refractivity contribution >= 4 is 49.8 Å². The van der Waals surface area contributed by atoms with E-state index in [0.717, 1.165) is 15.2 Å². The molecule has 0 bridgehead atoms. The fourth-order valence-corrected chi connectivity index (χ4v) is 3.94. The Hall–Kier alpha value is -3.52. The van der Waals surface area contributed by atoms with Crippen LogP contribution < -0.4 is 10.3 Å². The topological polar surface area (TPSA) is 82.8 Å². The number of halogens is 1. The van der Waals surface area contributed by atoms with Crippen molar-refractivity contribution in [3.8, 4) is 5.75 Å². The van der Waals surface area contributed by atoms with Gasteiger partial charge in [-0.1, -0.05) is 53.2 Å². The van der Waals surface area contributed by atoms with Crippen molar-refractivity contribution in [1.29, 1.82) is 0 Å². The van der Waals surface area contributed by atoms with Gasteiger partial charge in [0.25, 0.3) is 5.56 Å². The van der Waals surface area contributed by atoms with E-state index in [1.165, 1.54) is 11.8 Å². The van der Waals surface area contributed by atoms with Gasteiger partial charge in [0.2, 0.25) is 0 Å². The predicted octanol–water partition coefficient (Wildman–Crippen LogP) is 4.70. The van der Waals surface area contributed by atoms with Crippen molar-refractivity contribution in [2.45, 2.75) is 26.4 Å². The standard InChI is InChI=1S/C25H22BrN3O4/c1-4-23-28-21-11-10-17(26)13-19(21)24(30)29(23)27-14-20-18-8-6-5-7-16(18)9-12-22(20)33-15(2)25(31)32-3/h5-15H,4H2,1-3H3/t15-/m0/s1. The highest BCUT2D eigenvalue weighted by Crippen LogP contribution is 2.28. The fourth-order valence-electron chi connectivity index (χ4n) is 3.57. The van der Waals surface area contributed by atoms with Gasteiger partial charge in [-0.15, -0.1) is 0 Å². The molecule has 1 atom stereocenters. The summed E-state index contributed by atoms with van der Waals surface area (Å²) < 4.78 is 12.8. The summed E-state index contributed by atoms with van der Waals surface area (Å²) in [6.45, 7) is 3.54. The van der Waals surface area contributed by atoms with E-state index >= 15 is 0 Å². The van der Waals surface area contributed by atoms with Gasteiger partial charge in [-0.3, -0.25) is 4.79 Å². The summed E-state index contributed by atoms with van der Waals surface area (Å²) in [7, 11) is 1.31. The lowest BCUT2D eigenvalue weighted by atomic mass is 10.0. The van der Waals surface area contributed by atoms with Gasteiger partial charge in [0.15, 0.2) is 6.10 Å². The molecule has 0 saturated heterocycles. The number of rotatable bonds is 6. The molecule has 0 fully saturated rings. The molecule has 3 aromatic carbocycles. The molecule has 0 radical (unpaired) electrons. The highest BCUT2D eigenvalue weighted by Gasteiger charge is 2.18. The maximum absolute atomic E-state index is 13.2. The smallest absolute Gasteiger partial charge is 0.346 e. The number of carbonyl (C=O) groups is 1. The Morgan fingerprint density at radius 2 is 1.97 bits per heavy atom. The lowest BCUT2D eigenvalue weighted by molar-refractivity contribution is -0.147. The third-order valence-electron chi connectivity index (χ3n) is 5.26. The van der Waals surface area contributed by atoms with Gasteiger partial charge in [0, 0.05) is 16.5 Å². The van der Waals surface area contributed by atoms with Crippen molar-refractivity contribution in [3.63, 3.8) is 0 Å². The van der Waals surface area contributed by atoms with E-state index in [2.05, 4.69) is 26.0 Å². The first-order chi connectivity index (χ1) is 15.9. The van der Waals surface area contributed by atoms with Crippen LogP contribution in [0.25, 0.3) is 21.7 Å². The number of esters is 1. The summed E-state index contributed by atoms with van der Waals surface area (Å²) in [4.78, 5) is 29.8. The molecule has 0 aliphatic heterocycles. The molecule has 33 heavy (non-hydrogen) atoms. The molecule has 4 rings (SSSR count). The Morgan fingerprint density at radius 3 is 2.73 bits per heavy atom. The van der Waals surface area contributed by atoms with Crippen molar-refractivity contribution in [1.82, 2.24) is 9.66 Å². The zero-order chi connectivity index (χ0) is 23.5. The number of fused-ring (bicyclic) bond motifs is 2. The first kappa shape index (κ1) is 22.7. The lowest BCUT2D eigenvalue weighted by Crippen LogP contribution is -2.25. The zero-order valence-corrected chi connectivity index (χ0v) is 20.0. The summed E-state index contributed by atoms with van der Waals surface area (Å²) in [6.07, 6.45) is 1.29. The number of aryl methyl sites for hydroxylation is 1. The highest BCUT2D eigenvalue weighted by molar-refractivity contribution is 9.10. The number of hydrogen-bond acceptors (Lipinski definition) is 6. The van der Waals surface area contributed by atoms with Crippen molar-refractivity contribution in [3.05, 3.63) is 80.8 Å². The van der Waals surface area contributed by atoms with Crippen LogP contribution in [0.2, 0.25) is 0 Å². The van der Waals surface area contributed by atoms with Gasteiger partial charge in [0.05, 0.1) is 24.2 Å². The minimum atomic E-state index is -0.808. The second-order valence-electron chi connectivity index (χ2n) is 7.39. The Morgan fingerprint density at radius 1 is 1.18 bits per heavy atom. The summed E-state index contributed by atoms with van der Waals surface area (Å²) in [5, 5.41) is 6.83. The first-order valence-corrected chi connectivity index (χ1v) is 11.2. The Balaban J connectivity index is 1.88. The Bertz CT molecular complexity index is 1450. The molecule has 8 heteroatoms. The van der Waals surface area contributed by atoms with Crippen LogP contribution in [0.1, 0.15) is 25.2 Å². The maximum atomic E-state index is 13.2. The third kappa shape index (κ3) is 4.52. The van der Waals surface area contributed by atoms with Crippen molar-refractivity contribution in [2.75, 3.05) is 7.11 Å². The van der Waals surface area contributed by atoms with E-state index in [-0.39, 0.29) is 5.56 Å².